The van der Waals surface area contributed by atoms with Crippen molar-refractivity contribution in [1.29, 1.82) is 0 Å². The largest absolute Gasteiger partial charge is 0.444 e. The van der Waals surface area contributed by atoms with Crippen LogP contribution in [0.4, 0.5) is 4.79 Å². The van der Waals surface area contributed by atoms with Crippen LogP contribution in [0.3, 0.4) is 0 Å². The SMILES string of the molecule is CC(C)(C)OC(=O)NCC=CCl. The molecule has 0 bridgehead atoms. The van der Waals surface area contributed by atoms with E-state index in [1.807, 2.05) is 20.8 Å². The van der Waals surface area contributed by atoms with Crippen LogP contribution in [0.1, 0.15) is 20.8 Å². The third-order valence-electron chi connectivity index (χ3n) is 0.852. The summed E-state index contributed by atoms with van der Waals surface area (Å²) in [6, 6.07) is 0. The van der Waals surface area contributed by atoms with E-state index in [-0.39, 0.29) is 0 Å². The number of hydrogen-bond acceptors (Lipinski definition) is 2. The van der Waals surface area contributed by atoms with Crippen molar-refractivity contribution in [2.45, 2.75) is 26.4 Å². The lowest BCUT2D eigenvalue weighted by molar-refractivity contribution is 0.0534. The monoisotopic (exact) mass is 191 g/mol. The van der Waals surface area contributed by atoms with Crippen LogP contribution < -0.4 is 5.32 Å². The molecule has 0 atom stereocenters. The Hall–Kier alpha value is -0.700. The molecule has 0 fully saturated rings. The lowest BCUT2D eigenvalue weighted by Gasteiger charge is -2.19. The van der Waals surface area contributed by atoms with Crippen molar-refractivity contribution < 1.29 is 9.53 Å². The van der Waals surface area contributed by atoms with Gasteiger partial charge in [0.15, 0.2) is 0 Å². The minimum atomic E-state index is -0.450. The maximum absolute atomic E-state index is 10.9. The van der Waals surface area contributed by atoms with Crippen LogP contribution in [0.5, 0.6) is 0 Å². The van der Waals surface area contributed by atoms with Gasteiger partial charge in [-0.1, -0.05) is 17.7 Å². The van der Waals surface area contributed by atoms with E-state index >= 15 is 0 Å². The number of hydrogen-bond donors (Lipinski definition) is 1. The van der Waals surface area contributed by atoms with Gasteiger partial charge in [0.25, 0.3) is 0 Å². The van der Waals surface area contributed by atoms with Crippen molar-refractivity contribution >= 4 is 17.7 Å². The van der Waals surface area contributed by atoms with E-state index in [0.29, 0.717) is 6.54 Å². The van der Waals surface area contributed by atoms with E-state index in [0.717, 1.165) is 0 Å². The summed E-state index contributed by atoms with van der Waals surface area (Å²) in [6.07, 6.45) is 1.18. The Balaban J connectivity index is 3.61. The Labute approximate surface area is 77.7 Å². The summed E-state index contributed by atoms with van der Waals surface area (Å²) in [4.78, 5) is 10.9. The molecule has 0 aromatic heterocycles. The minimum absolute atomic E-state index is 0.387. The van der Waals surface area contributed by atoms with Crippen LogP contribution in [-0.4, -0.2) is 18.2 Å². The van der Waals surface area contributed by atoms with E-state index in [2.05, 4.69) is 5.32 Å². The highest BCUT2D eigenvalue weighted by Gasteiger charge is 2.14. The predicted molar refractivity (Wildman–Crippen MR) is 49.2 cm³/mol. The molecule has 0 saturated heterocycles. The van der Waals surface area contributed by atoms with Crippen molar-refractivity contribution in [3.05, 3.63) is 11.6 Å². The molecule has 0 aliphatic heterocycles. The normalized spacial score (nSPS) is 11.7. The van der Waals surface area contributed by atoms with Gasteiger partial charge in [-0.05, 0) is 20.8 Å². The Kier molecular flexibility index (Phi) is 4.74. The van der Waals surface area contributed by atoms with Crippen molar-refractivity contribution in [1.82, 2.24) is 5.32 Å². The predicted octanol–water partition coefficient (Wildman–Crippen LogP) is 2.26. The number of carbonyl (C=O) groups excluding carboxylic acids is 1. The summed E-state index contributed by atoms with van der Waals surface area (Å²) in [5.41, 5.74) is 0.895. The molecule has 1 N–H and O–H groups in total. The standard InChI is InChI=1S/C8H14ClNO2/c1-8(2,3)12-7(11)10-6-4-5-9/h4-5H,6H2,1-3H3,(H,10,11). The first-order valence-electron chi connectivity index (χ1n) is 3.68. The molecule has 0 spiro atoms. The second-order valence-electron chi connectivity index (χ2n) is 3.24. The quantitative estimate of drug-likeness (QED) is 0.727. The van der Waals surface area contributed by atoms with Crippen molar-refractivity contribution in [3.8, 4) is 0 Å². The molecule has 1 amide bonds. The summed E-state index contributed by atoms with van der Waals surface area (Å²) >= 11 is 5.25. The Morgan fingerprint density at radius 2 is 2.17 bits per heavy atom. The zero-order valence-corrected chi connectivity index (χ0v) is 8.31. The van der Waals surface area contributed by atoms with Gasteiger partial charge in [0.2, 0.25) is 0 Å². The van der Waals surface area contributed by atoms with Crippen LogP contribution in [0.2, 0.25) is 0 Å². The second kappa shape index (κ2) is 5.04. The van der Waals surface area contributed by atoms with Crippen LogP contribution in [-0.2, 0) is 4.74 Å². The summed E-state index contributed by atoms with van der Waals surface area (Å²) in [5, 5.41) is 2.51. The molecule has 0 rings (SSSR count). The molecule has 0 aromatic rings. The first kappa shape index (κ1) is 11.3. The third-order valence-corrected chi connectivity index (χ3v) is 1.03. The first-order valence-corrected chi connectivity index (χ1v) is 4.11. The average Bonchev–Trinajstić information content (AvgIpc) is 1.84. The third kappa shape index (κ3) is 7.41. The summed E-state index contributed by atoms with van der Waals surface area (Å²) in [5.74, 6) is 0. The second-order valence-corrected chi connectivity index (χ2v) is 3.50. The zero-order valence-electron chi connectivity index (χ0n) is 7.56. The van der Waals surface area contributed by atoms with Crippen LogP contribution in [0, 0.1) is 0 Å². The number of nitrogens with one attached hydrogen (secondary N) is 1. The van der Waals surface area contributed by atoms with Crippen molar-refractivity contribution in [2.24, 2.45) is 0 Å². The smallest absolute Gasteiger partial charge is 0.407 e. The number of alkyl carbamates (subject to hydrolysis) is 1. The molecular weight excluding hydrogens is 178 g/mol. The molecule has 0 heterocycles. The van der Waals surface area contributed by atoms with Crippen molar-refractivity contribution in [3.63, 3.8) is 0 Å². The van der Waals surface area contributed by atoms with E-state index in [1.165, 1.54) is 5.54 Å². The topological polar surface area (TPSA) is 38.3 Å². The molecule has 3 nitrogen and oxygen atoms in total. The number of rotatable bonds is 2. The van der Waals surface area contributed by atoms with E-state index < -0.39 is 11.7 Å². The molecule has 0 saturated carbocycles. The fraction of sp³-hybridized carbons (Fsp3) is 0.625. The number of halogens is 1. The lowest BCUT2D eigenvalue weighted by Crippen LogP contribution is -2.32. The fourth-order valence-corrected chi connectivity index (χ4v) is 0.590. The number of carbonyl (C=O) groups is 1. The van der Waals surface area contributed by atoms with Gasteiger partial charge in [-0.25, -0.2) is 4.79 Å². The molecule has 0 aromatic carbocycles. The Morgan fingerprint density at radius 1 is 1.58 bits per heavy atom. The number of ether oxygens (including phenoxy) is 1. The molecule has 0 aliphatic rings. The first-order chi connectivity index (χ1) is 5.45. The summed E-state index contributed by atoms with van der Waals surface area (Å²) < 4.78 is 4.96. The molecule has 0 aliphatic carbocycles. The molecule has 12 heavy (non-hydrogen) atoms. The minimum Gasteiger partial charge on any atom is -0.444 e. The highest BCUT2D eigenvalue weighted by atomic mass is 35.5. The summed E-state index contributed by atoms with van der Waals surface area (Å²) in [6.45, 7) is 5.82. The van der Waals surface area contributed by atoms with Gasteiger partial charge in [-0.2, -0.15) is 0 Å². The van der Waals surface area contributed by atoms with Crippen molar-refractivity contribution in [2.75, 3.05) is 6.54 Å². The van der Waals surface area contributed by atoms with Crippen LogP contribution in [0.25, 0.3) is 0 Å². The molecule has 4 heteroatoms. The molecule has 0 unspecified atom stereocenters. The Morgan fingerprint density at radius 3 is 2.58 bits per heavy atom. The van der Waals surface area contributed by atoms with Gasteiger partial charge in [-0.15, -0.1) is 0 Å². The Bertz CT molecular complexity index is 172. The van der Waals surface area contributed by atoms with Crippen LogP contribution in [0.15, 0.2) is 11.6 Å². The van der Waals surface area contributed by atoms with Gasteiger partial charge < -0.3 is 10.1 Å². The molecule has 0 radical (unpaired) electrons. The molecular formula is C8H14ClNO2. The summed E-state index contributed by atoms with van der Waals surface area (Å²) in [7, 11) is 0. The van der Waals surface area contributed by atoms with Gasteiger partial charge in [0, 0.05) is 12.1 Å². The van der Waals surface area contributed by atoms with E-state index in [4.69, 9.17) is 16.3 Å². The van der Waals surface area contributed by atoms with Gasteiger partial charge >= 0.3 is 6.09 Å². The average molecular weight is 192 g/mol. The van der Waals surface area contributed by atoms with E-state index in [1.54, 1.807) is 6.08 Å². The highest BCUT2D eigenvalue weighted by Crippen LogP contribution is 2.05. The number of amides is 1. The maximum atomic E-state index is 10.9. The molecule has 70 valence electrons. The van der Waals surface area contributed by atoms with Crippen LogP contribution >= 0.6 is 11.6 Å². The van der Waals surface area contributed by atoms with Gasteiger partial charge in [-0.3, -0.25) is 0 Å². The fourth-order valence-electron chi connectivity index (χ4n) is 0.501. The van der Waals surface area contributed by atoms with E-state index in [9.17, 15) is 4.79 Å². The highest BCUT2D eigenvalue weighted by molar-refractivity contribution is 6.25. The maximum Gasteiger partial charge on any atom is 0.407 e. The van der Waals surface area contributed by atoms with Gasteiger partial charge in [0.1, 0.15) is 5.60 Å². The lowest BCUT2D eigenvalue weighted by atomic mass is 10.2. The van der Waals surface area contributed by atoms with Gasteiger partial charge in [0.05, 0.1) is 0 Å². The zero-order chi connectivity index (χ0) is 9.61.